The Morgan fingerprint density at radius 3 is 2.47 bits per heavy atom. The number of hydrogen-bond donors (Lipinski definition) is 4. The summed E-state index contributed by atoms with van der Waals surface area (Å²) in [5.74, 6) is -5.88. The van der Waals surface area contributed by atoms with Crippen molar-refractivity contribution in [3.63, 3.8) is 0 Å². The lowest BCUT2D eigenvalue weighted by Gasteiger charge is -2.52. The van der Waals surface area contributed by atoms with Crippen LogP contribution in [0.3, 0.4) is 0 Å². The first-order valence-electron chi connectivity index (χ1n) is 14.1. The number of ketones is 4. The van der Waals surface area contributed by atoms with Crippen LogP contribution in [-0.2, 0) is 36.9 Å². The van der Waals surface area contributed by atoms with Crippen molar-refractivity contribution in [1.29, 1.82) is 0 Å². The number of Topliss-reactive ketones (excluding diaryl/α,β-unsaturated/α-hetero) is 4. The maximum atomic E-state index is 14.1. The van der Waals surface area contributed by atoms with Crippen molar-refractivity contribution >= 4 is 35.1 Å². The standard InChI is InChI=1S/C30H34N4O9/c1-4-5-14-10-16(13-32-29(41)34-6-8-43-9-7-34)17-11-15-12-18-22(33(2)3)25(37)21(28(31)40)27(39)30(18,42)26(38)19(15)24(36)20(17)23(14)35/h10,15,18-19,21-22,35,42H,6-9,11-13H2,1-3H3,(H2,31,40)(H,32,41)/t15-,18-,19?,21?,22-,30-/m0/s1. The molecule has 4 aliphatic rings. The molecule has 1 aromatic carbocycles. The van der Waals surface area contributed by atoms with Gasteiger partial charge in [0.25, 0.3) is 0 Å². The molecule has 5 rings (SSSR count). The molecular formula is C30H34N4O9. The first-order valence-corrected chi connectivity index (χ1v) is 14.1. The van der Waals surface area contributed by atoms with Crippen LogP contribution < -0.4 is 11.1 Å². The van der Waals surface area contributed by atoms with Gasteiger partial charge < -0.3 is 30.9 Å². The molecule has 0 bridgehead atoms. The average Bonchev–Trinajstić information content (AvgIpc) is 2.95. The molecule has 1 aliphatic heterocycles. The van der Waals surface area contributed by atoms with Crippen molar-refractivity contribution in [2.45, 2.75) is 38.0 Å². The lowest BCUT2D eigenvalue weighted by atomic mass is 9.52. The number of rotatable bonds is 4. The first kappa shape index (κ1) is 30.3. The van der Waals surface area contributed by atoms with E-state index >= 15 is 0 Å². The fourth-order valence-electron chi connectivity index (χ4n) is 7.19. The molecule has 2 saturated carbocycles. The number of aliphatic hydroxyl groups is 1. The number of primary amides is 1. The third kappa shape index (κ3) is 4.70. The van der Waals surface area contributed by atoms with Crippen LogP contribution in [0.2, 0.25) is 0 Å². The Labute approximate surface area is 247 Å². The van der Waals surface area contributed by atoms with Gasteiger partial charge in [0.1, 0.15) is 5.75 Å². The van der Waals surface area contributed by atoms with Crippen LogP contribution in [0.4, 0.5) is 4.79 Å². The van der Waals surface area contributed by atoms with E-state index in [0.29, 0.717) is 37.4 Å². The van der Waals surface area contributed by atoms with Crippen LogP contribution in [0.15, 0.2) is 6.07 Å². The molecule has 3 amide bonds. The van der Waals surface area contributed by atoms with Gasteiger partial charge in [0.05, 0.1) is 36.3 Å². The van der Waals surface area contributed by atoms with Crippen molar-refractivity contribution in [2.75, 3.05) is 40.4 Å². The van der Waals surface area contributed by atoms with Crippen molar-refractivity contribution in [3.05, 3.63) is 28.3 Å². The zero-order valence-electron chi connectivity index (χ0n) is 24.1. The maximum absolute atomic E-state index is 14.1. The largest absolute Gasteiger partial charge is 0.506 e. The van der Waals surface area contributed by atoms with Crippen LogP contribution in [-0.4, -0.2) is 107 Å². The van der Waals surface area contributed by atoms with E-state index in [9.17, 15) is 39.0 Å². The number of ether oxygens (including phenoxy) is 1. The van der Waals surface area contributed by atoms with Gasteiger partial charge in [-0.25, -0.2) is 4.79 Å². The van der Waals surface area contributed by atoms with Crippen molar-refractivity contribution in [1.82, 2.24) is 15.1 Å². The third-order valence-corrected chi connectivity index (χ3v) is 9.14. The molecule has 0 aromatic heterocycles. The molecule has 0 spiro atoms. The molecule has 1 heterocycles. The van der Waals surface area contributed by atoms with E-state index in [2.05, 4.69) is 17.2 Å². The van der Waals surface area contributed by atoms with Crippen LogP contribution in [0.5, 0.6) is 5.75 Å². The predicted molar refractivity (Wildman–Crippen MR) is 149 cm³/mol. The van der Waals surface area contributed by atoms with E-state index in [1.165, 1.54) is 19.0 Å². The lowest BCUT2D eigenvalue weighted by Crippen LogP contribution is -2.74. The minimum absolute atomic E-state index is 0.000757. The Hall–Kier alpha value is -4.12. The Balaban J connectivity index is 1.57. The van der Waals surface area contributed by atoms with E-state index in [0.717, 1.165) is 0 Å². The van der Waals surface area contributed by atoms with Crippen LogP contribution in [0.1, 0.15) is 40.4 Å². The van der Waals surface area contributed by atoms with Gasteiger partial charge in [-0.1, -0.05) is 5.92 Å². The fourth-order valence-corrected chi connectivity index (χ4v) is 7.19. The van der Waals surface area contributed by atoms with Gasteiger partial charge in [-0.05, 0) is 57.0 Å². The number of nitrogens with one attached hydrogen (secondary N) is 1. The highest BCUT2D eigenvalue weighted by Crippen LogP contribution is 2.51. The van der Waals surface area contributed by atoms with Crippen molar-refractivity contribution < 1.29 is 43.7 Å². The molecular weight excluding hydrogens is 560 g/mol. The van der Waals surface area contributed by atoms with Gasteiger partial charge in [-0.15, -0.1) is 5.92 Å². The topological polar surface area (TPSA) is 197 Å². The Kier molecular flexibility index (Phi) is 7.89. The molecule has 3 aliphatic carbocycles. The molecule has 5 N–H and O–H groups in total. The number of phenolic OH excluding ortho intramolecular Hbond substituents is 1. The molecule has 2 unspecified atom stereocenters. The second kappa shape index (κ2) is 11.2. The molecule has 6 atom stereocenters. The summed E-state index contributed by atoms with van der Waals surface area (Å²) in [4.78, 5) is 82.8. The van der Waals surface area contributed by atoms with Crippen LogP contribution >= 0.6 is 0 Å². The Morgan fingerprint density at radius 1 is 1.19 bits per heavy atom. The summed E-state index contributed by atoms with van der Waals surface area (Å²) in [7, 11) is 3.05. The molecule has 0 radical (unpaired) electrons. The first-order chi connectivity index (χ1) is 20.3. The highest BCUT2D eigenvalue weighted by Gasteiger charge is 2.69. The zero-order valence-corrected chi connectivity index (χ0v) is 24.1. The number of benzene rings is 1. The van der Waals surface area contributed by atoms with Crippen LogP contribution in [0.25, 0.3) is 0 Å². The molecule has 43 heavy (non-hydrogen) atoms. The van der Waals surface area contributed by atoms with E-state index in [4.69, 9.17) is 10.5 Å². The summed E-state index contributed by atoms with van der Waals surface area (Å²) in [6.07, 6.45) is 0.0166. The third-order valence-electron chi connectivity index (χ3n) is 9.14. The summed E-state index contributed by atoms with van der Waals surface area (Å²) < 4.78 is 5.30. The minimum Gasteiger partial charge on any atom is -0.506 e. The van der Waals surface area contributed by atoms with E-state index < -0.39 is 70.1 Å². The molecule has 1 aromatic rings. The number of carbonyl (C=O) groups is 6. The fraction of sp³-hybridized carbons (Fsp3) is 0.533. The smallest absolute Gasteiger partial charge is 0.317 e. The van der Waals surface area contributed by atoms with Gasteiger partial charge in [0.2, 0.25) is 5.91 Å². The number of aromatic hydroxyl groups is 1. The minimum atomic E-state index is -2.80. The van der Waals surface area contributed by atoms with Crippen molar-refractivity contribution in [3.8, 4) is 17.6 Å². The number of fused-ring (bicyclic) bond motifs is 3. The number of nitrogens with zero attached hydrogens (tertiary/aromatic N) is 2. The normalized spacial score (nSPS) is 30.2. The summed E-state index contributed by atoms with van der Waals surface area (Å²) in [6, 6.07) is 0.0692. The summed E-state index contributed by atoms with van der Waals surface area (Å²) in [5, 5.41) is 25.7. The van der Waals surface area contributed by atoms with Gasteiger partial charge in [-0.2, -0.15) is 0 Å². The number of hydrogen-bond acceptors (Lipinski definition) is 10. The number of amides is 3. The summed E-state index contributed by atoms with van der Waals surface area (Å²) >= 11 is 0. The Morgan fingerprint density at radius 2 is 1.86 bits per heavy atom. The average molecular weight is 595 g/mol. The lowest BCUT2D eigenvalue weighted by molar-refractivity contribution is -0.181. The highest BCUT2D eigenvalue weighted by molar-refractivity contribution is 6.32. The molecule has 13 nitrogen and oxygen atoms in total. The van der Waals surface area contributed by atoms with Gasteiger partial charge in [0, 0.05) is 25.6 Å². The number of likely N-dealkylation sites (N-methyl/N-ethyl adjacent to an activating group) is 1. The number of nitrogens with two attached hydrogens (primary N) is 1. The summed E-state index contributed by atoms with van der Waals surface area (Å²) in [5.41, 5.74) is 3.44. The highest BCUT2D eigenvalue weighted by atomic mass is 16.5. The van der Waals surface area contributed by atoms with Crippen LogP contribution in [0, 0.1) is 35.5 Å². The predicted octanol–water partition coefficient (Wildman–Crippen LogP) is -1.22. The second-order valence-electron chi connectivity index (χ2n) is 11.7. The molecule has 3 fully saturated rings. The summed E-state index contributed by atoms with van der Waals surface area (Å²) in [6.45, 7) is 3.21. The molecule has 1 saturated heterocycles. The number of carbonyl (C=O) groups excluding carboxylic acids is 6. The number of urea groups is 1. The SMILES string of the molecule is CC#Cc1cc(CNC(=O)N2CCOCC2)c2c(c1O)C(=O)C1C(=O)[C@]3(O)C(=O)C(C(N)=O)C(=O)[C@@H](N(C)C)[C@@H]3C[C@@H]1C2. The quantitative estimate of drug-likeness (QED) is 0.242. The van der Waals surface area contributed by atoms with E-state index in [-0.39, 0.29) is 36.5 Å². The van der Waals surface area contributed by atoms with Gasteiger partial charge in [0.15, 0.2) is 34.7 Å². The second-order valence-corrected chi connectivity index (χ2v) is 11.7. The van der Waals surface area contributed by atoms with E-state index in [1.54, 1.807) is 17.9 Å². The Bertz CT molecular complexity index is 1500. The van der Waals surface area contributed by atoms with Gasteiger partial charge in [-0.3, -0.25) is 28.9 Å². The number of morpholine rings is 1. The van der Waals surface area contributed by atoms with Gasteiger partial charge >= 0.3 is 6.03 Å². The monoisotopic (exact) mass is 594 g/mol. The maximum Gasteiger partial charge on any atom is 0.317 e. The molecule has 13 heteroatoms. The van der Waals surface area contributed by atoms with Crippen molar-refractivity contribution in [2.24, 2.45) is 29.4 Å². The van der Waals surface area contributed by atoms with E-state index in [1.807, 2.05) is 0 Å². The number of phenols is 1. The molecule has 228 valence electrons. The zero-order chi connectivity index (χ0) is 31.4.